The van der Waals surface area contributed by atoms with Crippen molar-refractivity contribution in [1.82, 2.24) is 0 Å². The Morgan fingerprint density at radius 1 is 0.591 bits per heavy atom. The molecule has 0 aliphatic carbocycles. The smallest absolute Gasteiger partial charge is 0.193 e. The van der Waals surface area contributed by atoms with Gasteiger partial charge < -0.3 is 0 Å². The fourth-order valence-electron chi connectivity index (χ4n) is 2.23. The molecule has 0 fully saturated rings. The molecule has 1 heteroatoms. The minimum absolute atomic E-state index is 0.0587. The molecule has 3 rings (SSSR count). The minimum atomic E-state index is 0.0587. The van der Waals surface area contributed by atoms with Gasteiger partial charge in [-0.3, -0.25) is 4.79 Å². The Bertz CT molecular complexity index is 715. The van der Waals surface area contributed by atoms with Crippen molar-refractivity contribution in [2.75, 3.05) is 0 Å². The van der Waals surface area contributed by atoms with E-state index in [-0.39, 0.29) is 5.78 Å². The first-order chi connectivity index (χ1) is 10.8. The average molecular weight is 288 g/mol. The summed E-state index contributed by atoms with van der Waals surface area (Å²) in [5, 5.41) is 0. The topological polar surface area (TPSA) is 17.1 Å². The molecular formula is C21H20O. The summed E-state index contributed by atoms with van der Waals surface area (Å²) in [6, 6.07) is 27.2. The molecule has 0 spiro atoms. The van der Waals surface area contributed by atoms with E-state index >= 15 is 0 Å². The fraction of sp³-hybridized carbons (Fsp3) is 0.0952. The summed E-state index contributed by atoms with van der Waals surface area (Å²) in [7, 11) is 0. The Hall–Kier alpha value is -2.67. The Labute approximate surface area is 132 Å². The molecule has 22 heavy (non-hydrogen) atoms. The van der Waals surface area contributed by atoms with Gasteiger partial charge in [0.1, 0.15) is 0 Å². The second kappa shape index (κ2) is 7.94. The van der Waals surface area contributed by atoms with Crippen molar-refractivity contribution in [2.45, 2.75) is 13.8 Å². The summed E-state index contributed by atoms with van der Waals surface area (Å²) in [5.74, 6) is 0.0587. The third-order valence-corrected chi connectivity index (χ3v) is 3.27. The molecule has 0 aliphatic rings. The lowest BCUT2D eigenvalue weighted by Crippen LogP contribution is -2.00. The van der Waals surface area contributed by atoms with Crippen molar-refractivity contribution in [3.05, 3.63) is 96.1 Å². The molecule has 0 bridgehead atoms. The maximum atomic E-state index is 12.4. The summed E-state index contributed by atoms with van der Waals surface area (Å²) in [4.78, 5) is 12.4. The zero-order valence-electron chi connectivity index (χ0n) is 13.0. The van der Waals surface area contributed by atoms with Gasteiger partial charge in [-0.2, -0.15) is 0 Å². The SMILES string of the molecule is CC.O=C(c1ccccc1)c1cccc(-c2ccccc2)c1. The molecule has 0 aliphatic heterocycles. The highest BCUT2D eigenvalue weighted by Crippen LogP contribution is 2.21. The second-order valence-electron chi connectivity index (χ2n) is 4.64. The van der Waals surface area contributed by atoms with Gasteiger partial charge in [0.05, 0.1) is 0 Å². The van der Waals surface area contributed by atoms with Gasteiger partial charge in [-0.15, -0.1) is 0 Å². The zero-order chi connectivity index (χ0) is 15.8. The van der Waals surface area contributed by atoms with Crippen LogP contribution in [0, 0.1) is 0 Å². The standard InChI is InChI=1S/C19H14O.C2H6/c20-19(16-10-5-2-6-11-16)18-13-7-12-17(14-18)15-8-3-1-4-9-15;1-2/h1-14H;1-2H3. The Morgan fingerprint density at radius 3 is 1.73 bits per heavy atom. The lowest BCUT2D eigenvalue weighted by molar-refractivity contribution is 0.103. The molecule has 0 saturated heterocycles. The van der Waals surface area contributed by atoms with Gasteiger partial charge in [0.25, 0.3) is 0 Å². The Kier molecular flexibility index (Phi) is 5.67. The zero-order valence-corrected chi connectivity index (χ0v) is 13.0. The summed E-state index contributed by atoms with van der Waals surface area (Å²) < 4.78 is 0. The Balaban J connectivity index is 0.000000847. The highest BCUT2D eigenvalue weighted by atomic mass is 16.1. The van der Waals surface area contributed by atoms with E-state index in [1.54, 1.807) is 0 Å². The molecule has 0 atom stereocenters. The number of rotatable bonds is 3. The summed E-state index contributed by atoms with van der Waals surface area (Å²) in [5.41, 5.74) is 3.62. The Morgan fingerprint density at radius 2 is 1.09 bits per heavy atom. The van der Waals surface area contributed by atoms with Crippen LogP contribution in [-0.4, -0.2) is 5.78 Å². The lowest BCUT2D eigenvalue weighted by atomic mass is 9.98. The van der Waals surface area contributed by atoms with E-state index < -0.39 is 0 Å². The minimum Gasteiger partial charge on any atom is -0.289 e. The number of hydrogen-bond acceptors (Lipinski definition) is 1. The fourth-order valence-corrected chi connectivity index (χ4v) is 2.23. The van der Waals surface area contributed by atoms with Crippen LogP contribution in [0.2, 0.25) is 0 Å². The monoisotopic (exact) mass is 288 g/mol. The molecule has 3 aromatic rings. The van der Waals surface area contributed by atoms with E-state index in [0.29, 0.717) is 0 Å². The normalized spacial score (nSPS) is 9.55. The maximum Gasteiger partial charge on any atom is 0.193 e. The number of carbonyl (C=O) groups excluding carboxylic acids is 1. The van der Waals surface area contributed by atoms with Gasteiger partial charge in [0, 0.05) is 11.1 Å². The molecule has 0 saturated carbocycles. The van der Waals surface area contributed by atoms with E-state index in [2.05, 4.69) is 0 Å². The van der Waals surface area contributed by atoms with Crippen LogP contribution >= 0.6 is 0 Å². The van der Waals surface area contributed by atoms with Crippen molar-refractivity contribution in [3.8, 4) is 11.1 Å². The number of carbonyl (C=O) groups is 1. The number of ketones is 1. The molecule has 1 nitrogen and oxygen atoms in total. The van der Waals surface area contributed by atoms with Crippen molar-refractivity contribution in [3.63, 3.8) is 0 Å². The molecule has 0 radical (unpaired) electrons. The largest absolute Gasteiger partial charge is 0.289 e. The summed E-state index contributed by atoms with van der Waals surface area (Å²) in [6.07, 6.45) is 0. The van der Waals surface area contributed by atoms with Crippen molar-refractivity contribution < 1.29 is 4.79 Å². The molecule has 3 aromatic carbocycles. The van der Waals surface area contributed by atoms with Gasteiger partial charge in [-0.05, 0) is 17.2 Å². The van der Waals surface area contributed by atoms with E-state index in [1.807, 2.05) is 98.8 Å². The van der Waals surface area contributed by atoms with Gasteiger partial charge in [0.2, 0.25) is 0 Å². The van der Waals surface area contributed by atoms with Crippen LogP contribution in [0.1, 0.15) is 29.8 Å². The molecule has 0 amide bonds. The van der Waals surface area contributed by atoms with Crippen LogP contribution < -0.4 is 0 Å². The van der Waals surface area contributed by atoms with Crippen molar-refractivity contribution in [2.24, 2.45) is 0 Å². The van der Waals surface area contributed by atoms with Crippen LogP contribution in [0.25, 0.3) is 11.1 Å². The quantitative estimate of drug-likeness (QED) is 0.572. The molecule has 0 unspecified atom stereocenters. The molecular weight excluding hydrogens is 268 g/mol. The molecule has 0 aromatic heterocycles. The number of benzene rings is 3. The van der Waals surface area contributed by atoms with Gasteiger partial charge in [-0.1, -0.05) is 92.7 Å². The predicted octanol–water partition coefficient (Wildman–Crippen LogP) is 5.61. The van der Waals surface area contributed by atoms with E-state index in [4.69, 9.17) is 0 Å². The maximum absolute atomic E-state index is 12.4. The van der Waals surface area contributed by atoms with Crippen LogP contribution in [0.4, 0.5) is 0 Å². The molecule has 110 valence electrons. The van der Waals surface area contributed by atoms with Gasteiger partial charge >= 0.3 is 0 Å². The van der Waals surface area contributed by atoms with Crippen LogP contribution in [0.3, 0.4) is 0 Å². The highest BCUT2D eigenvalue weighted by Gasteiger charge is 2.09. The number of hydrogen-bond donors (Lipinski definition) is 0. The molecule has 0 heterocycles. The third kappa shape index (κ3) is 3.70. The summed E-state index contributed by atoms with van der Waals surface area (Å²) >= 11 is 0. The third-order valence-electron chi connectivity index (χ3n) is 3.27. The van der Waals surface area contributed by atoms with Crippen LogP contribution in [0.5, 0.6) is 0 Å². The summed E-state index contributed by atoms with van der Waals surface area (Å²) in [6.45, 7) is 4.00. The van der Waals surface area contributed by atoms with Crippen LogP contribution in [0.15, 0.2) is 84.9 Å². The van der Waals surface area contributed by atoms with Gasteiger partial charge in [0.15, 0.2) is 5.78 Å². The first kappa shape index (κ1) is 15.7. The van der Waals surface area contributed by atoms with Gasteiger partial charge in [-0.25, -0.2) is 0 Å². The predicted molar refractivity (Wildman–Crippen MR) is 93.1 cm³/mol. The lowest BCUT2D eigenvalue weighted by Gasteiger charge is -2.05. The van der Waals surface area contributed by atoms with Crippen LogP contribution in [-0.2, 0) is 0 Å². The molecule has 0 N–H and O–H groups in total. The first-order valence-corrected chi connectivity index (χ1v) is 7.60. The van der Waals surface area contributed by atoms with E-state index in [1.165, 1.54) is 0 Å². The highest BCUT2D eigenvalue weighted by molar-refractivity contribution is 6.09. The van der Waals surface area contributed by atoms with E-state index in [9.17, 15) is 4.79 Å². The first-order valence-electron chi connectivity index (χ1n) is 7.60. The second-order valence-corrected chi connectivity index (χ2v) is 4.64. The van der Waals surface area contributed by atoms with Crippen molar-refractivity contribution in [1.29, 1.82) is 0 Å². The average Bonchev–Trinajstić information content (AvgIpc) is 2.64. The van der Waals surface area contributed by atoms with Crippen molar-refractivity contribution >= 4 is 5.78 Å². The van der Waals surface area contributed by atoms with E-state index in [0.717, 1.165) is 22.3 Å².